The topological polar surface area (TPSA) is 3.24 Å². The van der Waals surface area contributed by atoms with Gasteiger partial charge in [-0.3, -0.25) is 4.90 Å². The molecule has 0 aliphatic heterocycles. The number of hydrogen-bond donors (Lipinski definition) is 0. The van der Waals surface area contributed by atoms with Gasteiger partial charge in [-0.15, -0.1) is 0 Å². The zero-order valence-corrected chi connectivity index (χ0v) is 9.36. The van der Waals surface area contributed by atoms with E-state index < -0.39 is 0 Å². The van der Waals surface area contributed by atoms with Crippen LogP contribution in [0.2, 0.25) is 0 Å². The summed E-state index contributed by atoms with van der Waals surface area (Å²) in [5.74, 6) is 0. The maximum absolute atomic E-state index is 3.92. The van der Waals surface area contributed by atoms with Gasteiger partial charge < -0.3 is 0 Å². The maximum Gasteiger partial charge on any atom is 0.0236 e. The molecule has 0 bridgehead atoms. The number of hydrogen-bond acceptors (Lipinski definition) is 1. The molecule has 1 saturated carbocycles. The first-order valence-electron chi connectivity index (χ1n) is 5.97. The van der Waals surface area contributed by atoms with E-state index in [1.54, 1.807) is 0 Å². The summed E-state index contributed by atoms with van der Waals surface area (Å²) in [5.41, 5.74) is 1.44. The monoisotopic (exact) mass is 202 g/mol. The van der Waals surface area contributed by atoms with E-state index in [0.29, 0.717) is 0 Å². The van der Waals surface area contributed by atoms with Crippen LogP contribution in [0.3, 0.4) is 0 Å². The fraction of sp³-hybridized carbons (Fsp3) is 0.500. The van der Waals surface area contributed by atoms with Gasteiger partial charge in [0.25, 0.3) is 0 Å². The minimum absolute atomic E-state index is 0.858. The van der Waals surface area contributed by atoms with E-state index in [1.165, 1.54) is 31.4 Å². The molecule has 1 aliphatic carbocycles. The van der Waals surface area contributed by atoms with Crippen LogP contribution in [0.5, 0.6) is 0 Å². The molecule has 0 unspecified atom stereocenters. The lowest BCUT2D eigenvalue weighted by atomic mass is 10.2. The maximum atomic E-state index is 3.92. The highest BCUT2D eigenvalue weighted by Gasteiger charge is 2.28. The molecule has 0 N–H and O–H groups in total. The third kappa shape index (κ3) is 3.35. The predicted octanol–water partition coefficient (Wildman–Crippen LogP) is 3.27. The number of nitrogens with zero attached hydrogens (tertiary/aromatic N) is 1. The highest BCUT2D eigenvalue weighted by Crippen LogP contribution is 2.28. The molecule has 81 valence electrons. The Bertz CT molecular complexity index is 277. The molecule has 1 nitrogen and oxygen atoms in total. The smallest absolute Gasteiger partial charge is 0.0236 e. The van der Waals surface area contributed by atoms with Crippen molar-refractivity contribution in [2.24, 2.45) is 0 Å². The molecule has 15 heavy (non-hydrogen) atoms. The lowest BCUT2D eigenvalue weighted by Gasteiger charge is -2.21. The third-order valence-electron chi connectivity index (χ3n) is 2.99. The average molecular weight is 202 g/mol. The standard InChI is InChI=1S/C14H20N/c1-2-3-11-15(14-9-10-14)12-13-7-5-4-6-8-13/h4-8,14H,1-3,9-12H2. The van der Waals surface area contributed by atoms with Crippen molar-refractivity contribution in [2.75, 3.05) is 6.54 Å². The van der Waals surface area contributed by atoms with Crippen LogP contribution >= 0.6 is 0 Å². The molecule has 0 saturated heterocycles. The van der Waals surface area contributed by atoms with Crippen molar-refractivity contribution in [3.63, 3.8) is 0 Å². The Morgan fingerprint density at radius 1 is 1.20 bits per heavy atom. The van der Waals surface area contributed by atoms with E-state index in [-0.39, 0.29) is 0 Å². The van der Waals surface area contributed by atoms with Gasteiger partial charge in [-0.2, -0.15) is 0 Å². The van der Waals surface area contributed by atoms with Crippen LogP contribution < -0.4 is 0 Å². The van der Waals surface area contributed by atoms with Crippen LogP contribution in [0.1, 0.15) is 31.2 Å². The normalized spacial score (nSPS) is 15.9. The zero-order chi connectivity index (χ0) is 10.5. The van der Waals surface area contributed by atoms with Crippen molar-refractivity contribution in [1.29, 1.82) is 0 Å². The van der Waals surface area contributed by atoms with Gasteiger partial charge in [0.2, 0.25) is 0 Å². The SMILES string of the molecule is [CH2]CCCN(Cc1ccccc1)C1CC1. The van der Waals surface area contributed by atoms with Gasteiger partial charge in [-0.05, 0) is 31.4 Å². The van der Waals surface area contributed by atoms with Crippen LogP contribution in [0, 0.1) is 6.92 Å². The van der Waals surface area contributed by atoms with E-state index in [9.17, 15) is 0 Å². The molecule has 1 heteroatoms. The quantitative estimate of drug-likeness (QED) is 0.684. The van der Waals surface area contributed by atoms with Crippen molar-refractivity contribution in [2.45, 2.75) is 38.3 Å². The predicted molar refractivity (Wildman–Crippen MR) is 64.5 cm³/mol. The molecule has 1 aromatic rings. The minimum Gasteiger partial charge on any atom is -0.296 e. The van der Waals surface area contributed by atoms with Crippen LogP contribution in [0.25, 0.3) is 0 Å². The molecular weight excluding hydrogens is 182 g/mol. The molecule has 0 atom stereocenters. The summed E-state index contributed by atoms with van der Waals surface area (Å²) in [6.45, 7) is 6.25. The number of unbranched alkanes of at least 4 members (excludes halogenated alkanes) is 1. The Morgan fingerprint density at radius 2 is 1.93 bits per heavy atom. The molecule has 1 aliphatic rings. The number of rotatable bonds is 6. The summed E-state index contributed by atoms with van der Waals surface area (Å²) in [5, 5.41) is 0. The summed E-state index contributed by atoms with van der Waals surface area (Å²) in [4.78, 5) is 2.61. The lowest BCUT2D eigenvalue weighted by Crippen LogP contribution is -2.26. The average Bonchev–Trinajstić information content (AvgIpc) is 3.09. The Labute approximate surface area is 93.1 Å². The highest BCUT2D eigenvalue weighted by molar-refractivity contribution is 5.14. The molecule has 0 amide bonds. The van der Waals surface area contributed by atoms with Gasteiger partial charge in [0, 0.05) is 12.6 Å². The highest BCUT2D eigenvalue weighted by atomic mass is 15.2. The van der Waals surface area contributed by atoms with Gasteiger partial charge >= 0.3 is 0 Å². The summed E-state index contributed by atoms with van der Waals surface area (Å²) < 4.78 is 0. The van der Waals surface area contributed by atoms with Crippen LogP contribution in [0.4, 0.5) is 0 Å². The Balaban J connectivity index is 1.88. The number of benzene rings is 1. The summed E-state index contributed by atoms with van der Waals surface area (Å²) in [6, 6.07) is 11.6. The Hall–Kier alpha value is -0.820. The third-order valence-corrected chi connectivity index (χ3v) is 2.99. The van der Waals surface area contributed by atoms with Crippen LogP contribution in [-0.4, -0.2) is 17.5 Å². The van der Waals surface area contributed by atoms with Gasteiger partial charge in [0.15, 0.2) is 0 Å². The fourth-order valence-corrected chi connectivity index (χ4v) is 1.96. The molecule has 1 fully saturated rings. The van der Waals surface area contributed by atoms with Crippen molar-refractivity contribution in [1.82, 2.24) is 4.90 Å². The van der Waals surface area contributed by atoms with Gasteiger partial charge in [0.1, 0.15) is 0 Å². The molecular formula is C14H20N. The second-order valence-electron chi connectivity index (χ2n) is 4.39. The van der Waals surface area contributed by atoms with Gasteiger partial charge in [0.05, 0.1) is 0 Å². The summed E-state index contributed by atoms with van der Waals surface area (Å²) >= 11 is 0. The largest absolute Gasteiger partial charge is 0.296 e. The second-order valence-corrected chi connectivity index (χ2v) is 4.39. The Morgan fingerprint density at radius 3 is 2.53 bits per heavy atom. The molecule has 2 rings (SSSR count). The zero-order valence-electron chi connectivity index (χ0n) is 9.36. The van der Waals surface area contributed by atoms with Crippen molar-refractivity contribution >= 4 is 0 Å². The van der Waals surface area contributed by atoms with E-state index >= 15 is 0 Å². The summed E-state index contributed by atoms with van der Waals surface area (Å²) in [6.07, 6.45) is 5.06. The Kier molecular flexibility index (Phi) is 3.79. The lowest BCUT2D eigenvalue weighted by molar-refractivity contribution is 0.252. The van der Waals surface area contributed by atoms with E-state index in [1.807, 2.05) is 0 Å². The molecule has 0 heterocycles. The fourth-order valence-electron chi connectivity index (χ4n) is 1.96. The van der Waals surface area contributed by atoms with Crippen molar-refractivity contribution < 1.29 is 0 Å². The summed E-state index contributed by atoms with van der Waals surface area (Å²) in [7, 11) is 0. The van der Waals surface area contributed by atoms with Gasteiger partial charge in [-0.25, -0.2) is 0 Å². The van der Waals surface area contributed by atoms with Crippen LogP contribution in [0.15, 0.2) is 30.3 Å². The first-order chi connectivity index (χ1) is 7.40. The molecule has 0 spiro atoms. The first kappa shape index (κ1) is 10.7. The first-order valence-corrected chi connectivity index (χ1v) is 5.97. The van der Waals surface area contributed by atoms with Crippen molar-refractivity contribution in [3.8, 4) is 0 Å². The second kappa shape index (κ2) is 5.32. The van der Waals surface area contributed by atoms with E-state index in [2.05, 4.69) is 42.2 Å². The van der Waals surface area contributed by atoms with Crippen molar-refractivity contribution in [3.05, 3.63) is 42.8 Å². The van der Waals surface area contributed by atoms with E-state index in [0.717, 1.165) is 19.0 Å². The minimum atomic E-state index is 0.858. The van der Waals surface area contributed by atoms with Gasteiger partial charge in [-0.1, -0.05) is 43.7 Å². The molecule has 1 radical (unpaired) electrons. The van der Waals surface area contributed by atoms with E-state index in [4.69, 9.17) is 0 Å². The molecule has 0 aromatic heterocycles. The van der Waals surface area contributed by atoms with Crippen LogP contribution in [-0.2, 0) is 6.54 Å². The molecule has 1 aromatic carbocycles.